The Balaban J connectivity index is 1.57. The Labute approximate surface area is 138 Å². The van der Waals surface area contributed by atoms with Crippen LogP contribution in [-0.2, 0) is 4.79 Å². The minimum Gasteiger partial charge on any atom is -0.411 e. The normalized spacial score (nSPS) is 15.4. The summed E-state index contributed by atoms with van der Waals surface area (Å²) in [6.45, 7) is 1.66. The number of rotatable bonds is 4. The number of hydrogen-bond acceptors (Lipinski definition) is 5. The summed E-state index contributed by atoms with van der Waals surface area (Å²) in [6.07, 6.45) is 4.52. The van der Waals surface area contributed by atoms with Gasteiger partial charge in [0.15, 0.2) is 0 Å². The quantitative estimate of drug-likeness (QED) is 0.802. The lowest BCUT2D eigenvalue weighted by Crippen LogP contribution is -2.33. The number of carbonyl (C=O) groups is 1. The van der Waals surface area contributed by atoms with E-state index in [4.69, 9.17) is 4.42 Å². The smallest absolute Gasteiger partial charge is 0.277 e. The van der Waals surface area contributed by atoms with Gasteiger partial charge in [0.25, 0.3) is 5.22 Å². The van der Waals surface area contributed by atoms with E-state index in [1.165, 1.54) is 36.7 Å². The average Bonchev–Trinajstić information content (AvgIpc) is 2.86. The van der Waals surface area contributed by atoms with E-state index < -0.39 is 0 Å². The molecule has 1 aromatic heterocycles. The first-order valence-corrected chi connectivity index (χ1v) is 8.71. The zero-order valence-corrected chi connectivity index (χ0v) is 13.5. The maximum Gasteiger partial charge on any atom is 0.277 e. The van der Waals surface area contributed by atoms with Gasteiger partial charge in [-0.15, -0.1) is 10.2 Å². The predicted octanol–water partition coefficient (Wildman–Crippen LogP) is 3.37. The molecule has 0 radical (unpaired) electrons. The lowest BCUT2D eigenvalue weighted by atomic mass is 10.2. The summed E-state index contributed by atoms with van der Waals surface area (Å²) in [7, 11) is 0. The van der Waals surface area contributed by atoms with Crippen molar-refractivity contribution >= 4 is 17.7 Å². The summed E-state index contributed by atoms with van der Waals surface area (Å²) in [5.74, 6) is 0.285. The van der Waals surface area contributed by atoms with E-state index in [2.05, 4.69) is 10.2 Å². The van der Waals surface area contributed by atoms with Crippen molar-refractivity contribution in [1.82, 2.24) is 15.1 Å². The first-order valence-electron chi connectivity index (χ1n) is 7.72. The highest BCUT2D eigenvalue weighted by Gasteiger charge is 2.17. The molecule has 0 spiro atoms. The van der Waals surface area contributed by atoms with Crippen LogP contribution in [0.4, 0.5) is 4.39 Å². The van der Waals surface area contributed by atoms with Gasteiger partial charge in [0.2, 0.25) is 11.8 Å². The van der Waals surface area contributed by atoms with E-state index in [9.17, 15) is 9.18 Å². The van der Waals surface area contributed by atoms with Crippen LogP contribution < -0.4 is 0 Å². The molecule has 7 heteroatoms. The summed E-state index contributed by atoms with van der Waals surface area (Å²) in [5, 5.41) is 8.14. The number of amides is 1. The summed E-state index contributed by atoms with van der Waals surface area (Å²) < 4.78 is 18.7. The average molecular weight is 335 g/mol. The molecule has 23 heavy (non-hydrogen) atoms. The molecule has 1 fully saturated rings. The van der Waals surface area contributed by atoms with Crippen LogP contribution in [0, 0.1) is 5.82 Å². The molecule has 0 atom stereocenters. The van der Waals surface area contributed by atoms with Crippen LogP contribution in [-0.4, -0.2) is 39.8 Å². The molecule has 0 unspecified atom stereocenters. The van der Waals surface area contributed by atoms with Crippen LogP contribution in [0.25, 0.3) is 11.5 Å². The summed E-state index contributed by atoms with van der Waals surface area (Å²) in [6, 6.07) is 5.98. The van der Waals surface area contributed by atoms with Gasteiger partial charge in [-0.2, -0.15) is 0 Å². The van der Waals surface area contributed by atoms with Gasteiger partial charge in [-0.25, -0.2) is 4.39 Å². The fourth-order valence-electron chi connectivity index (χ4n) is 2.54. The van der Waals surface area contributed by atoms with Crippen molar-refractivity contribution in [1.29, 1.82) is 0 Å². The van der Waals surface area contributed by atoms with Crippen LogP contribution in [0.3, 0.4) is 0 Å². The molecule has 122 valence electrons. The van der Waals surface area contributed by atoms with Gasteiger partial charge in [-0.3, -0.25) is 4.79 Å². The van der Waals surface area contributed by atoms with Crippen molar-refractivity contribution in [3.63, 3.8) is 0 Å². The Bertz CT molecular complexity index is 669. The summed E-state index contributed by atoms with van der Waals surface area (Å²) >= 11 is 1.22. The summed E-state index contributed by atoms with van der Waals surface area (Å²) in [4.78, 5) is 14.1. The van der Waals surface area contributed by atoms with Crippen LogP contribution in [0.1, 0.15) is 25.7 Å². The Morgan fingerprint density at radius 3 is 2.74 bits per heavy atom. The fourth-order valence-corrected chi connectivity index (χ4v) is 3.21. The second-order valence-corrected chi connectivity index (χ2v) is 6.39. The predicted molar refractivity (Wildman–Crippen MR) is 85.5 cm³/mol. The van der Waals surface area contributed by atoms with Crippen molar-refractivity contribution in [2.24, 2.45) is 0 Å². The van der Waals surface area contributed by atoms with Gasteiger partial charge in [0.05, 0.1) is 5.75 Å². The van der Waals surface area contributed by atoms with E-state index >= 15 is 0 Å². The Hall–Kier alpha value is -1.89. The minimum atomic E-state index is -0.355. The third kappa shape index (κ3) is 4.31. The molecule has 2 heterocycles. The van der Waals surface area contributed by atoms with Crippen molar-refractivity contribution in [3.8, 4) is 11.5 Å². The van der Waals surface area contributed by atoms with Gasteiger partial charge >= 0.3 is 0 Å². The second-order valence-electron chi connectivity index (χ2n) is 5.47. The molecule has 0 N–H and O–H groups in total. The molecule has 2 aromatic rings. The molecular formula is C16H18FN3O2S. The van der Waals surface area contributed by atoms with Crippen LogP contribution >= 0.6 is 11.8 Å². The number of likely N-dealkylation sites (tertiary alicyclic amines) is 1. The largest absolute Gasteiger partial charge is 0.411 e. The molecule has 5 nitrogen and oxygen atoms in total. The van der Waals surface area contributed by atoms with Gasteiger partial charge in [-0.1, -0.05) is 30.7 Å². The highest BCUT2D eigenvalue weighted by atomic mass is 32.2. The zero-order valence-electron chi connectivity index (χ0n) is 12.7. The maximum atomic E-state index is 13.2. The van der Waals surface area contributed by atoms with Gasteiger partial charge in [0.1, 0.15) is 5.82 Å². The van der Waals surface area contributed by atoms with E-state index in [-0.39, 0.29) is 23.4 Å². The number of thioether (sulfide) groups is 1. The lowest BCUT2D eigenvalue weighted by molar-refractivity contribution is -0.128. The van der Waals surface area contributed by atoms with E-state index in [0.29, 0.717) is 10.8 Å². The summed E-state index contributed by atoms with van der Waals surface area (Å²) in [5.41, 5.74) is 0.531. The highest BCUT2D eigenvalue weighted by Crippen LogP contribution is 2.24. The van der Waals surface area contributed by atoms with Crippen molar-refractivity contribution in [2.45, 2.75) is 30.9 Å². The Kier molecular flexibility index (Phi) is 5.27. The molecule has 0 saturated carbocycles. The van der Waals surface area contributed by atoms with E-state index in [0.717, 1.165) is 25.9 Å². The topological polar surface area (TPSA) is 59.2 Å². The number of benzene rings is 1. The maximum absolute atomic E-state index is 13.2. The van der Waals surface area contributed by atoms with E-state index in [1.807, 2.05) is 4.90 Å². The van der Waals surface area contributed by atoms with Gasteiger partial charge in [0, 0.05) is 18.7 Å². The first-order chi connectivity index (χ1) is 11.2. The van der Waals surface area contributed by atoms with Crippen molar-refractivity contribution in [2.75, 3.05) is 18.8 Å². The number of halogens is 1. The molecule has 0 bridgehead atoms. The molecule has 1 saturated heterocycles. The van der Waals surface area contributed by atoms with Crippen LogP contribution in [0.2, 0.25) is 0 Å². The van der Waals surface area contributed by atoms with Gasteiger partial charge in [-0.05, 0) is 31.0 Å². The number of nitrogens with zero attached hydrogens (tertiary/aromatic N) is 3. The number of aromatic nitrogens is 2. The molecule has 1 amide bonds. The zero-order chi connectivity index (χ0) is 16.1. The van der Waals surface area contributed by atoms with Crippen molar-refractivity contribution in [3.05, 3.63) is 30.1 Å². The molecule has 1 aliphatic rings. The van der Waals surface area contributed by atoms with Crippen LogP contribution in [0.15, 0.2) is 33.9 Å². The SMILES string of the molecule is O=C(CSc1nnc(-c2cccc(F)c2)o1)N1CCCCCC1. The van der Waals surface area contributed by atoms with Crippen molar-refractivity contribution < 1.29 is 13.6 Å². The van der Waals surface area contributed by atoms with Gasteiger partial charge < -0.3 is 9.32 Å². The molecular weight excluding hydrogens is 317 g/mol. The van der Waals surface area contributed by atoms with Crippen LogP contribution in [0.5, 0.6) is 0 Å². The third-order valence-electron chi connectivity index (χ3n) is 3.76. The molecule has 1 aliphatic heterocycles. The Morgan fingerprint density at radius 2 is 2.00 bits per heavy atom. The Morgan fingerprint density at radius 1 is 1.22 bits per heavy atom. The molecule has 1 aromatic carbocycles. The molecule has 3 rings (SSSR count). The molecule has 0 aliphatic carbocycles. The third-order valence-corrected chi connectivity index (χ3v) is 4.56. The van der Waals surface area contributed by atoms with E-state index in [1.54, 1.807) is 12.1 Å². The lowest BCUT2D eigenvalue weighted by Gasteiger charge is -2.19. The first kappa shape index (κ1) is 16.0. The monoisotopic (exact) mass is 335 g/mol. The fraction of sp³-hybridized carbons (Fsp3) is 0.438. The standard InChI is InChI=1S/C16H18FN3O2S/c17-13-7-5-6-12(10-13)15-18-19-16(22-15)23-11-14(21)20-8-3-1-2-4-9-20/h5-7,10H,1-4,8-9,11H2. The highest BCUT2D eigenvalue weighted by molar-refractivity contribution is 7.99. The number of hydrogen-bond donors (Lipinski definition) is 0. The number of carbonyl (C=O) groups excluding carboxylic acids is 1. The second kappa shape index (κ2) is 7.59. The minimum absolute atomic E-state index is 0.0994.